The number of hydrogen-bond acceptors (Lipinski definition) is 3. The average Bonchev–Trinajstić information content (AvgIpc) is 2.10. The van der Waals surface area contributed by atoms with Gasteiger partial charge < -0.3 is 5.11 Å². The van der Waals surface area contributed by atoms with E-state index in [1.807, 2.05) is 0 Å². The van der Waals surface area contributed by atoms with Gasteiger partial charge in [0, 0.05) is 0 Å². The molecule has 0 unspecified atom stereocenters. The Kier molecular flexibility index (Phi) is 2.42. The van der Waals surface area contributed by atoms with Crippen LogP contribution in [0.5, 0.6) is 5.75 Å². The molecule has 1 aromatic rings. The monoisotopic (exact) mass is 165 g/mol. The number of imide groups is 1. The summed E-state index contributed by atoms with van der Waals surface area (Å²) in [7, 11) is 0. The van der Waals surface area contributed by atoms with E-state index >= 15 is 0 Å². The minimum Gasteiger partial charge on any atom is -0.508 e. The van der Waals surface area contributed by atoms with Gasteiger partial charge in [-0.2, -0.15) is 0 Å². The number of hydrogen-bond donors (Lipinski definition) is 1. The molecule has 0 spiro atoms. The van der Waals surface area contributed by atoms with Gasteiger partial charge in [-0.25, -0.2) is 0 Å². The molecule has 2 amide bonds. The van der Waals surface area contributed by atoms with Crippen LogP contribution in [0.15, 0.2) is 24.3 Å². The molecule has 0 bridgehead atoms. The molecule has 1 aromatic carbocycles. The summed E-state index contributed by atoms with van der Waals surface area (Å²) in [6.45, 7) is 0. The number of benzene rings is 1. The van der Waals surface area contributed by atoms with Crippen molar-refractivity contribution in [3.63, 3.8) is 0 Å². The fourth-order valence-electron chi connectivity index (χ4n) is 0.771. The maximum Gasteiger partial charge on any atom is 0.220 e. The molecule has 0 aliphatic rings. The van der Waals surface area contributed by atoms with E-state index in [4.69, 9.17) is 5.11 Å². The second kappa shape index (κ2) is 3.52. The average molecular weight is 165 g/mol. The summed E-state index contributed by atoms with van der Waals surface area (Å²) in [4.78, 5) is 21.4. The Bertz CT molecular complexity index is 273. The van der Waals surface area contributed by atoms with Crippen LogP contribution in [0.2, 0.25) is 0 Å². The molecule has 0 aliphatic carbocycles. The van der Waals surface area contributed by atoms with Crippen LogP contribution in [0.1, 0.15) is 0 Å². The predicted octanol–water partition coefficient (Wildman–Crippen LogP) is 0.511. The third-order valence-electron chi connectivity index (χ3n) is 1.37. The number of carbonyl (C=O) groups excluding carboxylic acids is 2. The molecule has 0 fully saturated rings. The second-order valence-electron chi connectivity index (χ2n) is 2.13. The molecule has 12 heavy (non-hydrogen) atoms. The number of amides is 2. The van der Waals surface area contributed by atoms with Crippen molar-refractivity contribution in [3.05, 3.63) is 24.3 Å². The fourth-order valence-corrected chi connectivity index (χ4v) is 0.771. The first-order chi connectivity index (χ1) is 5.77. The van der Waals surface area contributed by atoms with Crippen molar-refractivity contribution >= 4 is 18.5 Å². The summed E-state index contributed by atoms with van der Waals surface area (Å²) < 4.78 is 0. The van der Waals surface area contributed by atoms with Crippen LogP contribution in [0, 0.1) is 0 Å². The molecule has 0 saturated heterocycles. The van der Waals surface area contributed by atoms with E-state index in [1.54, 1.807) is 0 Å². The molecular weight excluding hydrogens is 158 g/mol. The van der Waals surface area contributed by atoms with Crippen LogP contribution in [-0.4, -0.2) is 17.9 Å². The van der Waals surface area contributed by atoms with Crippen molar-refractivity contribution in [3.8, 4) is 5.75 Å². The van der Waals surface area contributed by atoms with E-state index in [0.29, 0.717) is 18.5 Å². The van der Waals surface area contributed by atoms with Crippen LogP contribution < -0.4 is 4.90 Å². The zero-order chi connectivity index (χ0) is 8.97. The van der Waals surface area contributed by atoms with Crippen molar-refractivity contribution < 1.29 is 14.7 Å². The van der Waals surface area contributed by atoms with Crippen LogP contribution in [0.3, 0.4) is 0 Å². The summed E-state index contributed by atoms with van der Waals surface area (Å²) in [5.41, 5.74) is 0.429. The molecule has 62 valence electrons. The van der Waals surface area contributed by atoms with Crippen LogP contribution in [0.4, 0.5) is 5.69 Å². The molecule has 4 heteroatoms. The molecule has 0 aliphatic heterocycles. The summed E-state index contributed by atoms with van der Waals surface area (Å²) in [5, 5.41) is 8.89. The standard InChI is InChI=1S/C8H7NO3/c10-5-9(6-11)7-1-3-8(12)4-2-7/h1-6,12H. The molecule has 0 radical (unpaired) electrons. The smallest absolute Gasteiger partial charge is 0.220 e. The predicted molar refractivity (Wildman–Crippen MR) is 42.7 cm³/mol. The highest BCUT2D eigenvalue weighted by molar-refractivity contribution is 5.95. The van der Waals surface area contributed by atoms with Crippen LogP contribution in [0.25, 0.3) is 0 Å². The quantitative estimate of drug-likeness (QED) is 0.664. The summed E-state index contributed by atoms with van der Waals surface area (Å²) in [6.07, 6.45) is 0.804. The first-order valence-electron chi connectivity index (χ1n) is 3.26. The third-order valence-corrected chi connectivity index (χ3v) is 1.37. The topological polar surface area (TPSA) is 57.6 Å². The van der Waals surface area contributed by atoms with Gasteiger partial charge in [0.1, 0.15) is 5.75 Å². The van der Waals surface area contributed by atoms with Crippen molar-refractivity contribution in [2.24, 2.45) is 0 Å². The number of phenolic OH excluding ortho intramolecular Hbond substituents is 1. The number of nitrogens with zero attached hydrogens (tertiary/aromatic N) is 1. The Balaban J connectivity index is 2.94. The van der Waals surface area contributed by atoms with E-state index in [1.165, 1.54) is 24.3 Å². The molecule has 0 atom stereocenters. The first kappa shape index (κ1) is 8.26. The number of rotatable bonds is 3. The van der Waals surface area contributed by atoms with Gasteiger partial charge in [0.25, 0.3) is 0 Å². The number of aromatic hydroxyl groups is 1. The Labute approximate surface area is 69.0 Å². The highest BCUT2D eigenvalue weighted by Crippen LogP contribution is 2.15. The summed E-state index contributed by atoms with van der Waals surface area (Å²) in [5.74, 6) is 0.0931. The molecular formula is C8H7NO3. The van der Waals surface area contributed by atoms with Crippen LogP contribution >= 0.6 is 0 Å². The Morgan fingerprint density at radius 2 is 1.58 bits per heavy atom. The minimum atomic E-state index is 0.0931. The number of anilines is 1. The lowest BCUT2D eigenvalue weighted by molar-refractivity contribution is -0.113. The maximum atomic E-state index is 10.3. The lowest BCUT2D eigenvalue weighted by atomic mass is 10.3. The minimum absolute atomic E-state index is 0.0931. The van der Waals surface area contributed by atoms with Gasteiger partial charge in [-0.15, -0.1) is 0 Å². The number of phenols is 1. The number of carbonyl (C=O) groups is 2. The largest absolute Gasteiger partial charge is 0.508 e. The molecule has 0 saturated carbocycles. The lowest BCUT2D eigenvalue weighted by Crippen LogP contribution is -2.17. The van der Waals surface area contributed by atoms with E-state index in [0.717, 1.165) is 4.90 Å². The maximum absolute atomic E-state index is 10.3. The van der Waals surface area contributed by atoms with E-state index < -0.39 is 0 Å². The molecule has 1 rings (SSSR count). The van der Waals surface area contributed by atoms with Crippen molar-refractivity contribution in [2.45, 2.75) is 0 Å². The summed E-state index contributed by atoms with van der Waals surface area (Å²) in [6, 6.07) is 5.74. The summed E-state index contributed by atoms with van der Waals surface area (Å²) >= 11 is 0. The zero-order valence-corrected chi connectivity index (χ0v) is 6.18. The molecule has 0 aromatic heterocycles. The highest BCUT2D eigenvalue weighted by atomic mass is 16.3. The fraction of sp³-hybridized carbons (Fsp3) is 0. The third kappa shape index (κ3) is 1.60. The Morgan fingerprint density at radius 3 is 2.00 bits per heavy atom. The van der Waals surface area contributed by atoms with Gasteiger partial charge in [-0.3, -0.25) is 14.5 Å². The Hall–Kier alpha value is -1.84. The van der Waals surface area contributed by atoms with Gasteiger partial charge >= 0.3 is 0 Å². The second-order valence-corrected chi connectivity index (χ2v) is 2.13. The lowest BCUT2D eigenvalue weighted by Gasteiger charge is -2.07. The van der Waals surface area contributed by atoms with Crippen molar-refractivity contribution in [2.75, 3.05) is 4.90 Å². The van der Waals surface area contributed by atoms with E-state index in [2.05, 4.69) is 0 Å². The Morgan fingerprint density at radius 1 is 1.08 bits per heavy atom. The van der Waals surface area contributed by atoms with Gasteiger partial charge in [0.15, 0.2) is 0 Å². The normalized spacial score (nSPS) is 9.00. The van der Waals surface area contributed by atoms with E-state index in [-0.39, 0.29) is 5.75 Å². The van der Waals surface area contributed by atoms with Gasteiger partial charge in [0.2, 0.25) is 12.8 Å². The molecule has 1 N–H and O–H groups in total. The van der Waals surface area contributed by atoms with Gasteiger partial charge in [-0.05, 0) is 24.3 Å². The molecule has 4 nitrogen and oxygen atoms in total. The molecule has 0 heterocycles. The van der Waals surface area contributed by atoms with Crippen LogP contribution in [-0.2, 0) is 9.59 Å². The van der Waals surface area contributed by atoms with Gasteiger partial charge in [0.05, 0.1) is 5.69 Å². The van der Waals surface area contributed by atoms with Crippen molar-refractivity contribution in [1.29, 1.82) is 0 Å². The zero-order valence-electron chi connectivity index (χ0n) is 6.18. The van der Waals surface area contributed by atoms with E-state index in [9.17, 15) is 9.59 Å². The van der Waals surface area contributed by atoms with Crippen molar-refractivity contribution in [1.82, 2.24) is 0 Å². The SMILES string of the molecule is O=CN(C=O)c1ccc(O)cc1. The van der Waals surface area contributed by atoms with Gasteiger partial charge in [-0.1, -0.05) is 0 Å². The first-order valence-corrected chi connectivity index (χ1v) is 3.26. The highest BCUT2D eigenvalue weighted by Gasteiger charge is 2.01.